The smallest absolute Gasteiger partial charge is 0.275 e. The monoisotopic (exact) mass is 623 g/mol. The third-order valence-corrected chi connectivity index (χ3v) is 6.62. The minimum absolute atomic E-state index is 1.09. The molecular formula is C20H60N5O10P3. The quantitative estimate of drug-likeness (QED) is 0.118. The number of rotatable bonds is 14. The number of quaternary nitrogens is 5. The molecule has 0 unspecified atom stereocenters. The molecule has 0 heterocycles. The van der Waals surface area contributed by atoms with Crippen LogP contribution in [0.4, 0.5) is 0 Å². The first kappa shape index (κ1) is 51.0. The first-order chi connectivity index (χ1) is 17.5. The van der Waals surface area contributed by atoms with Crippen LogP contribution < -0.4 is 53.1 Å². The fourth-order valence-electron chi connectivity index (χ4n) is 1.51. The van der Waals surface area contributed by atoms with Gasteiger partial charge in [-0.3, -0.25) is 13.2 Å². The number of phosphoric acid groups is 3. The van der Waals surface area contributed by atoms with Crippen molar-refractivity contribution in [1.29, 1.82) is 0 Å². The van der Waals surface area contributed by atoms with Crippen molar-refractivity contribution >= 4 is 23.5 Å². The molecule has 0 saturated carbocycles. The minimum Gasteiger partial charge on any atom is -0.790 e. The van der Waals surface area contributed by atoms with Gasteiger partial charge in [0.25, 0.3) is 7.82 Å². The van der Waals surface area contributed by atoms with Crippen LogP contribution >= 0.6 is 23.5 Å². The van der Waals surface area contributed by atoms with Crippen LogP contribution in [0.1, 0.15) is 98.8 Å². The highest BCUT2D eigenvalue weighted by molar-refractivity contribution is 7.64. The van der Waals surface area contributed by atoms with Crippen molar-refractivity contribution < 1.29 is 75.5 Å². The summed E-state index contributed by atoms with van der Waals surface area (Å²) in [6.45, 7) is 16.3. The summed E-state index contributed by atoms with van der Waals surface area (Å²) in [5, 5.41) is 0. The van der Waals surface area contributed by atoms with E-state index in [2.05, 4.69) is 71.9 Å². The molecule has 240 valence electrons. The van der Waals surface area contributed by atoms with Crippen molar-refractivity contribution in [3.8, 4) is 0 Å². The van der Waals surface area contributed by atoms with Crippen molar-refractivity contribution in [3.63, 3.8) is 0 Å². The molecule has 38 heavy (non-hydrogen) atoms. The molecule has 0 bridgehead atoms. The van der Waals surface area contributed by atoms with Gasteiger partial charge in [-0.2, -0.15) is 0 Å². The zero-order valence-electron chi connectivity index (χ0n) is 24.6. The van der Waals surface area contributed by atoms with E-state index in [-0.39, 0.29) is 0 Å². The zero-order valence-corrected chi connectivity index (χ0v) is 27.2. The Morgan fingerprint density at radius 3 is 0.658 bits per heavy atom. The normalized spacial score (nSPS) is 10.5. The van der Waals surface area contributed by atoms with E-state index in [1.807, 2.05) is 0 Å². The maximum atomic E-state index is 10.1. The molecule has 0 aliphatic rings. The summed E-state index contributed by atoms with van der Waals surface area (Å²) in [5.41, 5.74) is 18.4. The average Bonchev–Trinajstić information content (AvgIpc) is 2.75. The van der Waals surface area contributed by atoms with Gasteiger partial charge in [0.1, 0.15) is 0 Å². The van der Waals surface area contributed by atoms with Gasteiger partial charge in [-0.15, -0.1) is 0 Å². The van der Waals surface area contributed by atoms with Gasteiger partial charge in [0.05, 0.1) is 48.4 Å². The molecule has 0 aliphatic heterocycles. The highest BCUT2D eigenvalue weighted by atomic mass is 31.3. The van der Waals surface area contributed by atoms with Crippen molar-refractivity contribution in [2.45, 2.75) is 98.8 Å². The standard InChI is InChI=1S/5C4H11N.H5O10P3/c5*1-2-3-4-5;1-11(2,3)9-13(7,8)10-12(4,5)6/h5*2-5H2,1H3;(H,7,8)(H2,1,2,3)(H2,4,5,6). The van der Waals surface area contributed by atoms with E-state index in [0.29, 0.717) is 0 Å². The molecule has 0 spiro atoms. The van der Waals surface area contributed by atoms with E-state index >= 15 is 0 Å². The Bertz CT molecular complexity index is 483. The molecule has 0 amide bonds. The Morgan fingerprint density at radius 1 is 0.447 bits per heavy atom. The lowest BCUT2D eigenvalue weighted by atomic mass is 10.3. The fourth-order valence-corrected chi connectivity index (χ4v) is 3.86. The largest absolute Gasteiger partial charge is 0.790 e. The van der Waals surface area contributed by atoms with Crippen LogP contribution in [0.2, 0.25) is 0 Å². The van der Waals surface area contributed by atoms with Crippen LogP contribution in [0, 0.1) is 0 Å². The summed E-state index contributed by atoms with van der Waals surface area (Å²) >= 11 is 0. The predicted octanol–water partition coefficient (Wildman–Crippen LogP) is -3.71. The molecule has 0 aromatic carbocycles. The highest BCUT2D eigenvalue weighted by Crippen LogP contribution is 2.57. The van der Waals surface area contributed by atoms with Crippen molar-refractivity contribution in [2.75, 3.05) is 32.7 Å². The molecule has 15 N–H and O–H groups in total. The first-order valence-corrected chi connectivity index (χ1v) is 17.6. The van der Waals surface area contributed by atoms with E-state index in [1.54, 1.807) is 0 Å². The molecule has 0 aromatic heterocycles. The molecule has 0 atom stereocenters. The van der Waals surface area contributed by atoms with Crippen LogP contribution in [-0.4, -0.2) is 32.7 Å². The summed E-state index contributed by atoms with van der Waals surface area (Å²) in [7, 11) is -17.9. The van der Waals surface area contributed by atoms with E-state index in [1.165, 1.54) is 64.2 Å². The number of hydrogen-bond acceptors (Lipinski definition) is 10. The van der Waals surface area contributed by atoms with Gasteiger partial charge in [0.15, 0.2) is 0 Å². The van der Waals surface area contributed by atoms with Crippen LogP contribution in [0.5, 0.6) is 0 Å². The molecular weight excluding hydrogens is 563 g/mol. The summed E-state index contributed by atoms with van der Waals surface area (Å²) in [6.07, 6.45) is 12.8. The highest BCUT2D eigenvalue weighted by Gasteiger charge is 2.13. The van der Waals surface area contributed by atoms with Crippen LogP contribution in [-0.2, 0) is 22.3 Å². The second-order valence-electron chi connectivity index (χ2n) is 7.54. The first-order valence-electron chi connectivity index (χ1n) is 13.2. The summed E-state index contributed by atoms with van der Waals surface area (Å²) < 4.78 is 34.7. The van der Waals surface area contributed by atoms with Crippen LogP contribution in [0.15, 0.2) is 0 Å². The maximum Gasteiger partial charge on any atom is 0.275 e. The van der Waals surface area contributed by atoms with Gasteiger partial charge >= 0.3 is 0 Å². The van der Waals surface area contributed by atoms with Crippen molar-refractivity contribution in [1.82, 2.24) is 0 Å². The SMILES string of the molecule is CCCC[NH3+].CCCC[NH3+].CCCC[NH3+].CCCC[NH3+].CCCC[NH3+].O=P([O-])([O-])OP(=O)([O-])OP(=O)([O-])[O-]. The molecule has 0 fully saturated rings. The Kier molecular flexibility index (Phi) is 52.8. The predicted molar refractivity (Wildman–Crippen MR) is 138 cm³/mol. The van der Waals surface area contributed by atoms with Gasteiger partial charge in [-0.25, -0.2) is 0 Å². The number of hydrogen-bond donors (Lipinski definition) is 5. The Balaban J connectivity index is -0.0000000869. The minimum atomic E-state index is -5.97. The third kappa shape index (κ3) is 91.0. The van der Waals surface area contributed by atoms with Crippen molar-refractivity contribution in [2.24, 2.45) is 0 Å². The second kappa shape index (κ2) is 39.4. The summed E-state index contributed by atoms with van der Waals surface area (Å²) in [4.78, 5) is 48.6. The summed E-state index contributed by atoms with van der Waals surface area (Å²) in [6, 6.07) is 0. The Morgan fingerprint density at radius 2 is 0.605 bits per heavy atom. The lowest BCUT2D eigenvalue weighted by molar-refractivity contribution is -0.368. The van der Waals surface area contributed by atoms with E-state index < -0.39 is 23.5 Å². The molecule has 0 rings (SSSR count). The summed E-state index contributed by atoms with van der Waals surface area (Å²) in [5.74, 6) is 0. The van der Waals surface area contributed by atoms with Crippen LogP contribution in [0.3, 0.4) is 0 Å². The molecule has 0 aromatic rings. The molecule has 0 radical (unpaired) electrons. The van der Waals surface area contributed by atoms with Gasteiger partial charge in [-0.1, -0.05) is 66.7 Å². The van der Waals surface area contributed by atoms with Gasteiger partial charge in [0.2, 0.25) is 0 Å². The van der Waals surface area contributed by atoms with Gasteiger partial charge < -0.3 is 62.3 Å². The maximum absolute atomic E-state index is 10.1. The van der Waals surface area contributed by atoms with Crippen molar-refractivity contribution in [3.05, 3.63) is 0 Å². The average molecular weight is 624 g/mol. The molecule has 0 saturated heterocycles. The topological polar surface area (TPSA) is 323 Å². The molecule has 18 heteroatoms. The molecule has 15 nitrogen and oxygen atoms in total. The van der Waals surface area contributed by atoms with E-state index in [9.17, 15) is 38.2 Å². The second-order valence-corrected chi connectivity index (χ2v) is 11.5. The third-order valence-electron chi connectivity index (χ3n) is 3.42. The molecule has 0 aliphatic carbocycles. The van der Waals surface area contributed by atoms with Crippen LogP contribution in [0.25, 0.3) is 0 Å². The van der Waals surface area contributed by atoms with Gasteiger partial charge in [-0.05, 0) is 32.1 Å². The van der Waals surface area contributed by atoms with E-state index in [4.69, 9.17) is 0 Å². The lowest BCUT2D eigenvalue weighted by Crippen LogP contribution is -2.49. The van der Waals surface area contributed by atoms with E-state index in [0.717, 1.165) is 32.7 Å². The Hall–Kier alpha value is 0.210. The number of unbranched alkanes of at least 4 members (excludes halogenated alkanes) is 5. The fraction of sp³-hybridized carbons (Fsp3) is 1.00. The lowest BCUT2D eigenvalue weighted by Gasteiger charge is -2.40. The zero-order chi connectivity index (χ0) is 31.5. The van der Waals surface area contributed by atoms with Gasteiger partial charge in [0, 0.05) is 0 Å². The Labute approximate surface area is 230 Å².